The van der Waals surface area contributed by atoms with Gasteiger partial charge in [0.05, 0.1) is 0 Å². The van der Waals surface area contributed by atoms with Crippen LogP contribution in [0.2, 0.25) is 0 Å². The molecule has 2 aliphatic rings. The summed E-state index contributed by atoms with van der Waals surface area (Å²) in [4.78, 5) is 5.22. The summed E-state index contributed by atoms with van der Waals surface area (Å²) in [5, 5.41) is 0. The van der Waals surface area contributed by atoms with Crippen LogP contribution in [0.4, 0.5) is 0 Å². The van der Waals surface area contributed by atoms with E-state index in [-0.39, 0.29) is 5.54 Å². The molecule has 0 radical (unpaired) electrons. The van der Waals surface area contributed by atoms with Gasteiger partial charge in [-0.15, -0.1) is 0 Å². The van der Waals surface area contributed by atoms with Crippen LogP contribution in [-0.2, 0) is 0 Å². The van der Waals surface area contributed by atoms with Crippen LogP contribution in [0.5, 0.6) is 0 Å². The SMILES string of the molecule is CC(C)N1CCN(C(C)(CN)CC2CC2)CC1. The zero-order chi connectivity index (χ0) is 12.5. The van der Waals surface area contributed by atoms with Gasteiger partial charge in [-0.05, 0) is 33.1 Å². The predicted molar refractivity (Wildman–Crippen MR) is 73.1 cm³/mol. The third-order valence-electron chi connectivity index (χ3n) is 4.67. The third kappa shape index (κ3) is 3.21. The van der Waals surface area contributed by atoms with Gasteiger partial charge in [0.2, 0.25) is 0 Å². The summed E-state index contributed by atoms with van der Waals surface area (Å²) >= 11 is 0. The number of hydrogen-bond donors (Lipinski definition) is 1. The minimum absolute atomic E-state index is 0.254. The van der Waals surface area contributed by atoms with E-state index in [1.54, 1.807) is 0 Å². The Morgan fingerprint density at radius 3 is 2.18 bits per heavy atom. The lowest BCUT2D eigenvalue weighted by molar-refractivity contribution is 0.0279. The van der Waals surface area contributed by atoms with Gasteiger partial charge in [-0.2, -0.15) is 0 Å². The molecule has 0 aromatic carbocycles. The van der Waals surface area contributed by atoms with Crippen molar-refractivity contribution in [3.05, 3.63) is 0 Å². The Bertz CT molecular complexity index is 242. The van der Waals surface area contributed by atoms with Crippen molar-refractivity contribution >= 4 is 0 Å². The number of hydrogen-bond acceptors (Lipinski definition) is 3. The van der Waals surface area contributed by atoms with Crippen LogP contribution in [-0.4, -0.2) is 54.1 Å². The fourth-order valence-electron chi connectivity index (χ4n) is 3.06. The van der Waals surface area contributed by atoms with Crippen molar-refractivity contribution in [1.82, 2.24) is 9.80 Å². The number of piperazine rings is 1. The van der Waals surface area contributed by atoms with Gasteiger partial charge in [-0.3, -0.25) is 9.80 Å². The maximum absolute atomic E-state index is 6.05. The van der Waals surface area contributed by atoms with Crippen molar-refractivity contribution in [2.45, 2.75) is 51.6 Å². The molecule has 1 saturated carbocycles. The Kier molecular flexibility index (Phi) is 4.11. The van der Waals surface area contributed by atoms with Crippen molar-refractivity contribution in [1.29, 1.82) is 0 Å². The Balaban J connectivity index is 1.88. The molecule has 1 aliphatic heterocycles. The molecule has 1 atom stereocenters. The molecule has 0 amide bonds. The molecule has 0 aromatic rings. The summed E-state index contributed by atoms with van der Waals surface area (Å²) in [6, 6.07) is 0.685. The second-order valence-electron chi connectivity index (χ2n) is 6.47. The second-order valence-corrected chi connectivity index (χ2v) is 6.47. The number of nitrogens with two attached hydrogens (primary N) is 1. The molecule has 1 unspecified atom stereocenters. The quantitative estimate of drug-likeness (QED) is 0.790. The van der Waals surface area contributed by atoms with Crippen LogP contribution in [0.3, 0.4) is 0 Å². The first-order valence-electron chi connectivity index (χ1n) is 7.24. The molecule has 0 spiro atoms. The molecular weight excluding hydrogens is 210 g/mol. The summed E-state index contributed by atoms with van der Waals surface area (Å²) in [5.41, 5.74) is 6.31. The molecule has 17 heavy (non-hydrogen) atoms. The molecule has 1 heterocycles. The first-order chi connectivity index (χ1) is 8.05. The van der Waals surface area contributed by atoms with Gasteiger partial charge in [0.25, 0.3) is 0 Å². The van der Waals surface area contributed by atoms with Crippen molar-refractivity contribution in [2.75, 3.05) is 32.7 Å². The molecule has 100 valence electrons. The maximum atomic E-state index is 6.05. The van der Waals surface area contributed by atoms with Crippen LogP contribution in [0, 0.1) is 5.92 Å². The Morgan fingerprint density at radius 1 is 1.18 bits per heavy atom. The van der Waals surface area contributed by atoms with Gasteiger partial charge in [-0.1, -0.05) is 12.8 Å². The van der Waals surface area contributed by atoms with Gasteiger partial charge in [-0.25, -0.2) is 0 Å². The van der Waals surface area contributed by atoms with Gasteiger partial charge in [0.15, 0.2) is 0 Å². The molecule has 0 aromatic heterocycles. The van der Waals surface area contributed by atoms with Gasteiger partial charge < -0.3 is 5.73 Å². The lowest BCUT2D eigenvalue weighted by atomic mass is 9.91. The summed E-state index contributed by atoms with van der Waals surface area (Å²) < 4.78 is 0. The molecule has 3 heteroatoms. The van der Waals surface area contributed by atoms with E-state index in [0.29, 0.717) is 6.04 Å². The molecule has 2 rings (SSSR count). The standard InChI is InChI=1S/C14H29N3/c1-12(2)16-6-8-17(9-7-16)14(3,11-15)10-13-4-5-13/h12-13H,4-11,15H2,1-3H3. The molecule has 1 aliphatic carbocycles. The van der Waals surface area contributed by atoms with E-state index in [4.69, 9.17) is 5.73 Å². The van der Waals surface area contributed by atoms with Crippen molar-refractivity contribution in [3.63, 3.8) is 0 Å². The zero-order valence-electron chi connectivity index (χ0n) is 11.8. The summed E-state index contributed by atoms with van der Waals surface area (Å²) in [7, 11) is 0. The minimum atomic E-state index is 0.254. The van der Waals surface area contributed by atoms with Gasteiger partial charge in [0.1, 0.15) is 0 Å². The summed E-state index contributed by atoms with van der Waals surface area (Å²) in [5.74, 6) is 0.965. The Labute approximate surface area is 106 Å². The highest BCUT2D eigenvalue weighted by molar-refractivity contribution is 4.95. The van der Waals surface area contributed by atoms with Crippen LogP contribution in [0.1, 0.15) is 40.0 Å². The normalized spacial score (nSPS) is 27.4. The topological polar surface area (TPSA) is 32.5 Å². The number of rotatable bonds is 5. The van der Waals surface area contributed by atoms with Crippen LogP contribution < -0.4 is 5.73 Å². The van der Waals surface area contributed by atoms with E-state index in [9.17, 15) is 0 Å². The van der Waals surface area contributed by atoms with Gasteiger partial charge in [0, 0.05) is 44.3 Å². The average Bonchev–Trinajstić information content (AvgIpc) is 3.13. The highest BCUT2D eigenvalue weighted by Gasteiger charge is 2.38. The molecule has 3 nitrogen and oxygen atoms in total. The molecule has 0 bridgehead atoms. The lowest BCUT2D eigenvalue weighted by Crippen LogP contribution is -2.59. The van der Waals surface area contributed by atoms with Crippen LogP contribution >= 0.6 is 0 Å². The molecule has 2 N–H and O–H groups in total. The monoisotopic (exact) mass is 239 g/mol. The Hall–Kier alpha value is -0.120. The first-order valence-corrected chi connectivity index (χ1v) is 7.24. The fourth-order valence-corrected chi connectivity index (χ4v) is 3.06. The first kappa shape index (κ1) is 13.3. The summed E-state index contributed by atoms with van der Waals surface area (Å²) in [6.07, 6.45) is 4.17. The highest BCUT2D eigenvalue weighted by atomic mass is 15.3. The smallest absolute Gasteiger partial charge is 0.0307 e. The average molecular weight is 239 g/mol. The fraction of sp³-hybridized carbons (Fsp3) is 1.00. The minimum Gasteiger partial charge on any atom is -0.329 e. The van der Waals surface area contributed by atoms with Crippen molar-refractivity contribution in [3.8, 4) is 0 Å². The highest BCUT2D eigenvalue weighted by Crippen LogP contribution is 2.38. The van der Waals surface area contributed by atoms with E-state index in [1.165, 1.54) is 45.4 Å². The predicted octanol–water partition coefficient (Wildman–Crippen LogP) is 1.53. The second kappa shape index (κ2) is 5.25. The van der Waals surface area contributed by atoms with Crippen molar-refractivity contribution < 1.29 is 0 Å². The third-order valence-corrected chi connectivity index (χ3v) is 4.67. The van der Waals surface area contributed by atoms with Crippen molar-refractivity contribution in [2.24, 2.45) is 11.7 Å². The van der Waals surface area contributed by atoms with E-state index in [0.717, 1.165) is 12.5 Å². The van der Waals surface area contributed by atoms with Gasteiger partial charge >= 0.3 is 0 Å². The zero-order valence-corrected chi connectivity index (χ0v) is 11.8. The maximum Gasteiger partial charge on any atom is 0.0307 e. The van der Waals surface area contributed by atoms with Crippen LogP contribution in [0.25, 0.3) is 0 Å². The summed E-state index contributed by atoms with van der Waals surface area (Å²) in [6.45, 7) is 12.6. The largest absolute Gasteiger partial charge is 0.329 e. The molecule has 1 saturated heterocycles. The van der Waals surface area contributed by atoms with E-state index >= 15 is 0 Å². The van der Waals surface area contributed by atoms with Crippen LogP contribution in [0.15, 0.2) is 0 Å². The molecular formula is C14H29N3. The van der Waals surface area contributed by atoms with E-state index < -0.39 is 0 Å². The van der Waals surface area contributed by atoms with E-state index in [2.05, 4.69) is 30.6 Å². The molecule has 2 fully saturated rings. The Morgan fingerprint density at radius 2 is 1.76 bits per heavy atom. The van der Waals surface area contributed by atoms with E-state index in [1.807, 2.05) is 0 Å². The number of nitrogens with zero attached hydrogens (tertiary/aromatic N) is 2. The lowest BCUT2D eigenvalue weighted by Gasteiger charge is -2.46.